The Morgan fingerprint density at radius 3 is 2.04 bits per heavy atom. The van der Waals surface area contributed by atoms with Crippen LogP contribution in [0.5, 0.6) is 5.75 Å². The summed E-state index contributed by atoms with van der Waals surface area (Å²) in [5.74, 6) is -1.51. The van der Waals surface area contributed by atoms with Gasteiger partial charge in [-0.25, -0.2) is 4.79 Å². The molecule has 0 heterocycles. The molecule has 0 saturated heterocycles. The minimum Gasteiger partial charge on any atom is -0.479 e. The number of ether oxygens (including phenoxy) is 3. The average Bonchev–Trinajstić information content (AvgIpc) is 2.63. The van der Waals surface area contributed by atoms with Crippen molar-refractivity contribution in [2.24, 2.45) is 0 Å². The Morgan fingerprint density at radius 2 is 1.54 bits per heavy atom. The number of carboxylic acids is 1. The van der Waals surface area contributed by atoms with Gasteiger partial charge < -0.3 is 19.3 Å². The van der Waals surface area contributed by atoms with E-state index < -0.39 is 17.9 Å². The van der Waals surface area contributed by atoms with Crippen molar-refractivity contribution in [3.05, 3.63) is 66.2 Å². The van der Waals surface area contributed by atoms with E-state index >= 15 is 0 Å². The van der Waals surface area contributed by atoms with Gasteiger partial charge >= 0.3 is 5.97 Å². The molecule has 2 rings (SSSR count). The van der Waals surface area contributed by atoms with Gasteiger partial charge in [-0.15, -0.1) is 0 Å². The first-order valence-corrected chi connectivity index (χ1v) is 7.71. The number of aliphatic carboxylic acids is 1. The van der Waals surface area contributed by atoms with Crippen LogP contribution in [0, 0.1) is 0 Å². The fourth-order valence-electron chi connectivity index (χ4n) is 2.58. The SMILES string of the molecule is COC(CCC(Oc1ccccc1)C(=O)O)(OC)c1ccccc1. The first-order chi connectivity index (χ1) is 11.6. The van der Waals surface area contributed by atoms with Crippen molar-refractivity contribution in [2.75, 3.05) is 14.2 Å². The summed E-state index contributed by atoms with van der Waals surface area (Å²) in [5, 5.41) is 9.44. The van der Waals surface area contributed by atoms with E-state index in [0.29, 0.717) is 12.2 Å². The van der Waals surface area contributed by atoms with Crippen LogP contribution in [0.25, 0.3) is 0 Å². The Morgan fingerprint density at radius 1 is 1.00 bits per heavy atom. The zero-order chi connectivity index (χ0) is 17.4. The number of para-hydroxylation sites is 1. The smallest absolute Gasteiger partial charge is 0.344 e. The second kappa shape index (κ2) is 8.47. The minimum atomic E-state index is -1.02. The lowest BCUT2D eigenvalue weighted by Crippen LogP contribution is -2.35. The third kappa shape index (κ3) is 4.34. The number of hydrogen-bond donors (Lipinski definition) is 1. The molecule has 1 unspecified atom stereocenters. The van der Waals surface area contributed by atoms with Gasteiger partial charge in [0.15, 0.2) is 11.9 Å². The molecule has 0 bridgehead atoms. The molecule has 5 nitrogen and oxygen atoms in total. The zero-order valence-corrected chi connectivity index (χ0v) is 13.8. The maximum absolute atomic E-state index is 11.5. The molecule has 0 aliphatic heterocycles. The van der Waals surface area contributed by atoms with Gasteiger partial charge in [0.1, 0.15) is 5.75 Å². The molecule has 5 heteroatoms. The highest BCUT2D eigenvalue weighted by atomic mass is 16.7. The van der Waals surface area contributed by atoms with Crippen LogP contribution >= 0.6 is 0 Å². The summed E-state index contributed by atoms with van der Waals surface area (Å²) in [5.41, 5.74) is 0.832. The van der Waals surface area contributed by atoms with Crippen LogP contribution in [-0.2, 0) is 20.1 Å². The molecule has 0 amide bonds. The summed E-state index contributed by atoms with van der Waals surface area (Å²) in [4.78, 5) is 11.5. The molecule has 0 aliphatic carbocycles. The topological polar surface area (TPSA) is 65.0 Å². The van der Waals surface area contributed by atoms with Crippen LogP contribution < -0.4 is 4.74 Å². The van der Waals surface area contributed by atoms with Gasteiger partial charge in [-0.05, 0) is 12.1 Å². The number of carbonyl (C=O) groups is 1. The van der Waals surface area contributed by atoms with Crippen molar-refractivity contribution in [1.82, 2.24) is 0 Å². The lowest BCUT2D eigenvalue weighted by molar-refractivity contribution is -0.223. The van der Waals surface area contributed by atoms with Crippen LogP contribution in [-0.4, -0.2) is 31.4 Å². The molecule has 2 aromatic rings. The van der Waals surface area contributed by atoms with E-state index in [1.165, 1.54) is 0 Å². The second-order valence-corrected chi connectivity index (χ2v) is 5.32. The summed E-state index contributed by atoms with van der Waals surface area (Å²) in [7, 11) is 3.09. The van der Waals surface area contributed by atoms with Gasteiger partial charge in [-0.1, -0.05) is 48.5 Å². The molecule has 2 aromatic carbocycles. The first-order valence-electron chi connectivity index (χ1n) is 7.71. The Bertz CT molecular complexity index is 623. The standard InChI is InChI=1S/C19H22O5/c1-22-19(23-2,15-9-5-3-6-10-15)14-13-17(18(20)21)24-16-11-7-4-8-12-16/h3-12,17H,13-14H2,1-2H3,(H,20,21). The van der Waals surface area contributed by atoms with Crippen LogP contribution in [0.3, 0.4) is 0 Å². The summed E-state index contributed by atoms with van der Waals surface area (Å²) in [6.07, 6.45) is -0.407. The fourth-order valence-corrected chi connectivity index (χ4v) is 2.58. The molecule has 0 aromatic heterocycles. The highest BCUT2D eigenvalue weighted by molar-refractivity contribution is 5.72. The first kappa shape index (κ1) is 18.0. The minimum absolute atomic E-state index is 0.237. The van der Waals surface area contributed by atoms with Crippen LogP contribution in [0.15, 0.2) is 60.7 Å². The predicted octanol–water partition coefficient (Wildman–Crippen LogP) is 3.44. The van der Waals surface area contributed by atoms with Crippen molar-refractivity contribution in [1.29, 1.82) is 0 Å². The molecule has 0 spiro atoms. The Labute approximate surface area is 141 Å². The van der Waals surface area contributed by atoms with Gasteiger partial charge in [-0.3, -0.25) is 0 Å². The summed E-state index contributed by atoms with van der Waals surface area (Å²) < 4.78 is 16.8. The Kier molecular flexibility index (Phi) is 6.35. The molecular weight excluding hydrogens is 308 g/mol. The Balaban J connectivity index is 2.12. The second-order valence-electron chi connectivity index (χ2n) is 5.32. The molecule has 0 fully saturated rings. The van der Waals surface area contributed by atoms with Crippen LogP contribution in [0.4, 0.5) is 0 Å². The fraction of sp³-hybridized carbons (Fsp3) is 0.316. The summed E-state index contributed by atoms with van der Waals surface area (Å²) in [6.45, 7) is 0. The van der Waals surface area contributed by atoms with Crippen LogP contribution in [0.1, 0.15) is 18.4 Å². The maximum Gasteiger partial charge on any atom is 0.344 e. The van der Waals surface area contributed by atoms with Gasteiger partial charge in [0, 0.05) is 32.6 Å². The molecule has 0 saturated carbocycles. The summed E-state index contributed by atoms with van der Waals surface area (Å²) >= 11 is 0. The highest BCUT2D eigenvalue weighted by Crippen LogP contribution is 2.32. The lowest BCUT2D eigenvalue weighted by atomic mass is 9.98. The molecular formula is C19H22O5. The van der Waals surface area contributed by atoms with E-state index in [0.717, 1.165) is 5.56 Å². The largest absolute Gasteiger partial charge is 0.479 e. The van der Waals surface area contributed by atoms with E-state index in [2.05, 4.69) is 0 Å². The van der Waals surface area contributed by atoms with Crippen molar-refractivity contribution in [3.8, 4) is 5.75 Å². The molecule has 0 radical (unpaired) electrons. The van der Waals surface area contributed by atoms with E-state index in [4.69, 9.17) is 14.2 Å². The monoisotopic (exact) mass is 330 g/mol. The van der Waals surface area contributed by atoms with Gasteiger partial charge in [0.2, 0.25) is 0 Å². The predicted molar refractivity (Wildman–Crippen MR) is 89.9 cm³/mol. The zero-order valence-electron chi connectivity index (χ0n) is 13.8. The van der Waals surface area contributed by atoms with Crippen molar-refractivity contribution in [2.45, 2.75) is 24.7 Å². The lowest BCUT2D eigenvalue weighted by Gasteiger charge is -2.32. The van der Waals surface area contributed by atoms with E-state index in [1.807, 2.05) is 36.4 Å². The average molecular weight is 330 g/mol. The van der Waals surface area contributed by atoms with E-state index in [1.54, 1.807) is 38.5 Å². The molecule has 0 aliphatic rings. The van der Waals surface area contributed by atoms with Crippen LogP contribution in [0.2, 0.25) is 0 Å². The quantitative estimate of drug-likeness (QED) is 0.714. The maximum atomic E-state index is 11.5. The van der Waals surface area contributed by atoms with Gasteiger partial charge in [0.05, 0.1) is 0 Å². The van der Waals surface area contributed by atoms with Gasteiger partial charge in [0.25, 0.3) is 0 Å². The third-order valence-electron chi connectivity index (χ3n) is 3.91. The molecule has 128 valence electrons. The van der Waals surface area contributed by atoms with Crippen molar-refractivity contribution in [3.63, 3.8) is 0 Å². The molecule has 1 N–H and O–H groups in total. The summed E-state index contributed by atoms with van der Waals surface area (Å²) in [6, 6.07) is 18.4. The van der Waals surface area contributed by atoms with E-state index in [-0.39, 0.29) is 6.42 Å². The number of benzene rings is 2. The van der Waals surface area contributed by atoms with E-state index in [9.17, 15) is 9.90 Å². The number of methoxy groups -OCH3 is 2. The third-order valence-corrected chi connectivity index (χ3v) is 3.91. The Hall–Kier alpha value is -2.37. The normalized spacial score (nSPS) is 12.6. The highest BCUT2D eigenvalue weighted by Gasteiger charge is 2.34. The molecule has 24 heavy (non-hydrogen) atoms. The number of carboxylic acid groups (broad SMARTS) is 1. The number of hydrogen-bond acceptors (Lipinski definition) is 4. The van der Waals surface area contributed by atoms with Crippen molar-refractivity contribution < 1.29 is 24.1 Å². The number of rotatable bonds is 9. The van der Waals surface area contributed by atoms with Crippen molar-refractivity contribution >= 4 is 5.97 Å². The molecule has 1 atom stereocenters. The van der Waals surface area contributed by atoms with Gasteiger partial charge in [-0.2, -0.15) is 0 Å².